The minimum Gasteiger partial charge on any atom is -0.495 e. The number of nitrogens with one attached hydrogen (secondary N) is 2. The molecule has 1 amide bonds. The van der Waals surface area contributed by atoms with Crippen molar-refractivity contribution in [2.75, 3.05) is 24.4 Å². The van der Waals surface area contributed by atoms with Gasteiger partial charge in [0.25, 0.3) is 5.91 Å². The van der Waals surface area contributed by atoms with Crippen LogP contribution in [-0.2, 0) is 6.18 Å². The number of aliphatic hydroxyl groups is 1. The zero-order valence-electron chi connectivity index (χ0n) is 23.4. The lowest BCUT2D eigenvalue weighted by atomic mass is 9.91. The number of benzene rings is 2. The van der Waals surface area contributed by atoms with Crippen LogP contribution in [-0.4, -0.2) is 50.7 Å². The minimum atomic E-state index is -4.57. The Kier molecular flexibility index (Phi) is 8.22. The summed E-state index contributed by atoms with van der Waals surface area (Å²) in [6, 6.07) is 11.8. The molecule has 220 valence electrons. The van der Waals surface area contributed by atoms with Crippen LogP contribution in [0.2, 0.25) is 0 Å². The second kappa shape index (κ2) is 12.0. The van der Waals surface area contributed by atoms with Crippen LogP contribution < -0.4 is 15.4 Å². The molecule has 0 fully saturated rings. The molecule has 5 rings (SSSR count). The van der Waals surface area contributed by atoms with E-state index in [1.54, 1.807) is 49.8 Å². The topological polar surface area (TPSA) is 122 Å². The van der Waals surface area contributed by atoms with Gasteiger partial charge in [0, 0.05) is 52.9 Å². The number of carbonyl (C=O) groups is 1. The highest BCUT2D eigenvalue weighted by atomic mass is 19.4. The smallest absolute Gasteiger partial charge is 0.416 e. The molecule has 0 aliphatic heterocycles. The lowest BCUT2D eigenvalue weighted by molar-refractivity contribution is -0.137. The molecule has 0 aliphatic carbocycles. The van der Waals surface area contributed by atoms with Gasteiger partial charge in [0.2, 0.25) is 5.95 Å². The maximum absolute atomic E-state index is 13.2. The number of nitrogens with zero attached hydrogens (tertiary/aromatic N) is 4. The third kappa shape index (κ3) is 6.24. The molecule has 0 saturated heterocycles. The van der Waals surface area contributed by atoms with Crippen LogP contribution in [0.15, 0.2) is 73.3 Å². The van der Waals surface area contributed by atoms with Crippen LogP contribution >= 0.6 is 0 Å². The monoisotopic (exact) mass is 588 g/mol. The summed E-state index contributed by atoms with van der Waals surface area (Å²) in [4.78, 5) is 30.4. The third-order valence-electron chi connectivity index (χ3n) is 6.75. The second-order valence-electron chi connectivity index (χ2n) is 9.84. The highest BCUT2D eigenvalue weighted by molar-refractivity contribution is 6.06. The normalized spacial score (nSPS) is 12.2. The van der Waals surface area contributed by atoms with Gasteiger partial charge in [-0.25, -0.2) is 15.0 Å². The van der Waals surface area contributed by atoms with Crippen LogP contribution in [0.5, 0.6) is 5.75 Å². The molecular weight excluding hydrogens is 561 g/mol. The molecule has 0 aliphatic rings. The molecule has 2 aromatic carbocycles. The largest absolute Gasteiger partial charge is 0.495 e. The van der Waals surface area contributed by atoms with E-state index in [1.165, 1.54) is 7.11 Å². The molecule has 0 radical (unpaired) electrons. The number of anilines is 2. The molecule has 1 atom stereocenters. The molecule has 1 unspecified atom stereocenters. The fourth-order valence-corrected chi connectivity index (χ4v) is 4.60. The summed E-state index contributed by atoms with van der Waals surface area (Å²) in [6.07, 6.45) is 1.41. The standard InChI is InChI=1S/C31H27F3N6O3/c1-17-6-7-19(29(42)39-25-13-22(8-10-36-25)31(32,33)34)11-23(17)24-12-21-15-37-30(38-18(2)16-41)40-27(21)26(28(24)43-3)20-5-4-9-35-14-20/h4-15,18,41H,16H2,1-3H3,(H,36,39,42)(H,37,38,40). The van der Waals surface area contributed by atoms with Crippen molar-refractivity contribution in [3.8, 4) is 28.0 Å². The van der Waals surface area contributed by atoms with E-state index in [-0.39, 0.29) is 24.0 Å². The molecule has 5 aromatic rings. The van der Waals surface area contributed by atoms with Gasteiger partial charge < -0.3 is 20.5 Å². The number of carbonyl (C=O) groups excluding carboxylic acids is 1. The Labute approximate surface area is 244 Å². The average Bonchev–Trinajstić information content (AvgIpc) is 3.00. The third-order valence-corrected chi connectivity index (χ3v) is 6.75. The summed E-state index contributed by atoms with van der Waals surface area (Å²) < 4.78 is 45.5. The van der Waals surface area contributed by atoms with Gasteiger partial charge in [-0.3, -0.25) is 9.78 Å². The Morgan fingerprint density at radius 2 is 1.86 bits per heavy atom. The van der Waals surface area contributed by atoms with Crippen molar-refractivity contribution in [3.05, 3.63) is 90.0 Å². The number of amides is 1. The number of aromatic nitrogens is 4. The predicted octanol–water partition coefficient (Wildman–Crippen LogP) is 6.13. The first kappa shape index (κ1) is 29.4. The maximum Gasteiger partial charge on any atom is 0.416 e. The molecule has 43 heavy (non-hydrogen) atoms. The average molecular weight is 589 g/mol. The highest BCUT2D eigenvalue weighted by Gasteiger charge is 2.31. The van der Waals surface area contributed by atoms with E-state index >= 15 is 0 Å². The van der Waals surface area contributed by atoms with Crippen LogP contribution in [0.3, 0.4) is 0 Å². The van der Waals surface area contributed by atoms with Crippen molar-refractivity contribution in [2.45, 2.75) is 26.1 Å². The molecular formula is C31H27F3N6O3. The number of pyridine rings is 2. The summed E-state index contributed by atoms with van der Waals surface area (Å²) in [5, 5.41) is 15.7. The Bertz CT molecular complexity index is 1800. The number of hydrogen-bond acceptors (Lipinski definition) is 8. The Balaban J connectivity index is 1.63. The summed E-state index contributed by atoms with van der Waals surface area (Å²) in [5.41, 5.74) is 3.37. The lowest BCUT2D eigenvalue weighted by Crippen LogP contribution is -2.20. The molecule has 0 bridgehead atoms. The Morgan fingerprint density at radius 1 is 1.05 bits per heavy atom. The molecule has 0 saturated carbocycles. The number of halogens is 3. The zero-order chi connectivity index (χ0) is 30.7. The van der Waals surface area contributed by atoms with Crippen LogP contribution in [0.1, 0.15) is 28.4 Å². The number of fused-ring (bicyclic) bond motifs is 1. The van der Waals surface area contributed by atoms with Crippen molar-refractivity contribution in [1.29, 1.82) is 0 Å². The van der Waals surface area contributed by atoms with Crippen molar-refractivity contribution in [1.82, 2.24) is 19.9 Å². The number of rotatable bonds is 8. The Hall–Kier alpha value is -5.10. The molecule has 12 heteroatoms. The number of hydrogen-bond donors (Lipinski definition) is 3. The zero-order valence-corrected chi connectivity index (χ0v) is 23.4. The first-order valence-electron chi connectivity index (χ1n) is 13.2. The van der Waals surface area contributed by atoms with Crippen molar-refractivity contribution < 1.29 is 27.8 Å². The molecule has 3 heterocycles. The highest BCUT2D eigenvalue weighted by Crippen LogP contribution is 2.44. The second-order valence-corrected chi connectivity index (χ2v) is 9.84. The van der Waals surface area contributed by atoms with E-state index in [0.29, 0.717) is 39.3 Å². The van der Waals surface area contributed by atoms with E-state index in [2.05, 4.69) is 25.6 Å². The van der Waals surface area contributed by atoms with Crippen LogP contribution in [0.25, 0.3) is 33.2 Å². The molecule has 3 aromatic heterocycles. The summed E-state index contributed by atoms with van der Waals surface area (Å²) in [7, 11) is 1.53. The van der Waals surface area contributed by atoms with E-state index in [1.807, 2.05) is 19.1 Å². The predicted molar refractivity (Wildman–Crippen MR) is 157 cm³/mol. The fraction of sp³-hybridized carbons (Fsp3) is 0.194. The summed E-state index contributed by atoms with van der Waals surface area (Å²) >= 11 is 0. The SMILES string of the molecule is COc1c(-c2cc(C(=O)Nc3cc(C(F)(F)F)ccn3)ccc2C)cc2cnc(NC(C)CO)nc2c1-c1cccnc1. The van der Waals surface area contributed by atoms with Gasteiger partial charge in [-0.1, -0.05) is 12.1 Å². The number of aryl methyl sites for hydroxylation is 1. The number of alkyl halides is 3. The van der Waals surface area contributed by atoms with Gasteiger partial charge in [-0.2, -0.15) is 13.2 Å². The first-order valence-corrected chi connectivity index (χ1v) is 13.2. The van der Waals surface area contributed by atoms with Crippen LogP contribution in [0, 0.1) is 6.92 Å². The summed E-state index contributed by atoms with van der Waals surface area (Å²) in [6.45, 7) is 3.57. The van der Waals surface area contributed by atoms with E-state index in [9.17, 15) is 23.1 Å². The number of aliphatic hydroxyl groups excluding tert-OH is 1. The van der Waals surface area contributed by atoms with E-state index in [4.69, 9.17) is 9.72 Å². The van der Waals surface area contributed by atoms with Crippen molar-refractivity contribution in [2.24, 2.45) is 0 Å². The van der Waals surface area contributed by atoms with Gasteiger partial charge in [-0.15, -0.1) is 0 Å². The molecule has 9 nitrogen and oxygen atoms in total. The molecule has 0 spiro atoms. The fourth-order valence-electron chi connectivity index (χ4n) is 4.60. The summed E-state index contributed by atoms with van der Waals surface area (Å²) in [5.74, 6) is -0.0499. The van der Waals surface area contributed by atoms with Gasteiger partial charge in [0.15, 0.2) is 0 Å². The van der Waals surface area contributed by atoms with Gasteiger partial charge >= 0.3 is 6.18 Å². The number of methoxy groups -OCH3 is 1. The van der Waals surface area contributed by atoms with E-state index in [0.717, 1.165) is 29.5 Å². The van der Waals surface area contributed by atoms with Crippen molar-refractivity contribution >= 4 is 28.6 Å². The van der Waals surface area contributed by atoms with Crippen LogP contribution in [0.4, 0.5) is 24.9 Å². The van der Waals surface area contributed by atoms with E-state index < -0.39 is 17.6 Å². The lowest BCUT2D eigenvalue weighted by Gasteiger charge is -2.19. The number of ether oxygens (including phenoxy) is 1. The van der Waals surface area contributed by atoms with Gasteiger partial charge in [-0.05, 0) is 61.4 Å². The first-order chi connectivity index (χ1) is 20.6. The maximum atomic E-state index is 13.2. The molecule has 3 N–H and O–H groups in total. The van der Waals surface area contributed by atoms with Gasteiger partial charge in [0.1, 0.15) is 11.6 Å². The van der Waals surface area contributed by atoms with Gasteiger partial charge in [0.05, 0.1) is 30.4 Å². The quantitative estimate of drug-likeness (QED) is 0.198. The van der Waals surface area contributed by atoms with Crippen molar-refractivity contribution in [3.63, 3.8) is 0 Å². The Morgan fingerprint density at radius 3 is 2.56 bits per heavy atom. The minimum absolute atomic E-state index is 0.105.